The van der Waals surface area contributed by atoms with Crippen LogP contribution in [0.2, 0.25) is 0 Å². The SMILES string of the molecule is Nc1ncc(Br)c(NC2CCS(=O)(=O)CC2)n1. The zero-order chi connectivity index (χ0) is 12.5. The molecule has 1 saturated heterocycles. The first-order chi connectivity index (χ1) is 7.96. The van der Waals surface area contributed by atoms with E-state index in [1.807, 2.05) is 0 Å². The molecular weight excluding hydrogens is 308 g/mol. The first kappa shape index (κ1) is 12.6. The average molecular weight is 321 g/mol. The number of aromatic nitrogens is 2. The summed E-state index contributed by atoms with van der Waals surface area (Å²) in [6.45, 7) is 0. The van der Waals surface area contributed by atoms with E-state index < -0.39 is 9.84 Å². The van der Waals surface area contributed by atoms with Gasteiger partial charge in [0, 0.05) is 12.2 Å². The third-order valence-electron chi connectivity index (χ3n) is 2.66. The van der Waals surface area contributed by atoms with Gasteiger partial charge in [-0.2, -0.15) is 4.98 Å². The minimum Gasteiger partial charge on any atom is -0.368 e. The second-order valence-corrected chi connectivity index (χ2v) is 7.15. The number of nitrogens with two attached hydrogens (primary N) is 1. The van der Waals surface area contributed by atoms with Gasteiger partial charge in [0.2, 0.25) is 5.95 Å². The first-order valence-corrected chi connectivity index (χ1v) is 7.83. The van der Waals surface area contributed by atoms with Crippen LogP contribution in [-0.4, -0.2) is 35.9 Å². The van der Waals surface area contributed by atoms with Crippen LogP contribution in [0.4, 0.5) is 11.8 Å². The van der Waals surface area contributed by atoms with Crippen LogP contribution < -0.4 is 11.1 Å². The molecule has 0 radical (unpaired) electrons. The number of hydrogen-bond donors (Lipinski definition) is 2. The van der Waals surface area contributed by atoms with E-state index in [1.54, 1.807) is 6.20 Å². The van der Waals surface area contributed by atoms with Gasteiger partial charge in [-0.25, -0.2) is 13.4 Å². The van der Waals surface area contributed by atoms with Gasteiger partial charge in [0.05, 0.1) is 16.0 Å². The van der Waals surface area contributed by atoms with Crippen molar-refractivity contribution >= 4 is 37.5 Å². The second kappa shape index (κ2) is 4.77. The third-order valence-corrected chi connectivity index (χ3v) is 4.95. The molecule has 0 aliphatic carbocycles. The monoisotopic (exact) mass is 320 g/mol. The molecule has 0 unspecified atom stereocenters. The molecule has 1 fully saturated rings. The number of sulfone groups is 1. The number of nitrogens with one attached hydrogen (secondary N) is 1. The topological polar surface area (TPSA) is 98.0 Å². The molecule has 1 aliphatic heterocycles. The summed E-state index contributed by atoms with van der Waals surface area (Å²) in [6, 6.07) is 0.115. The lowest BCUT2D eigenvalue weighted by molar-refractivity contribution is 0.559. The van der Waals surface area contributed by atoms with E-state index >= 15 is 0 Å². The Morgan fingerprint density at radius 2 is 2.06 bits per heavy atom. The number of nitrogen functional groups attached to an aromatic ring is 1. The fourth-order valence-electron chi connectivity index (χ4n) is 1.71. The van der Waals surface area contributed by atoms with Crippen LogP contribution in [0.5, 0.6) is 0 Å². The highest BCUT2D eigenvalue weighted by Crippen LogP contribution is 2.23. The van der Waals surface area contributed by atoms with Crippen LogP contribution in [0.15, 0.2) is 10.7 Å². The lowest BCUT2D eigenvalue weighted by Crippen LogP contribution is -2.32. The molecule has 0 atom stereocenters. The minimum atomic E-state index is -2.84. The van der Waals surface area contributed by atoms with Crippen molar-refractivity contribution in [2.75, 3.05) is 22.6 Å². The summed E-state index contributed by atoms with van der Waals surface area (Å²) in [5, 5.41) is 3.19. The van der Waals surface area contributed by atoms with Crippen LogP contribution in [0.3, 0.4) is 0 Å². The summed E-state index contributed by atoms with van der Waals surface area (Å²) in [4.78, 5) is 7.90. The molecule has 3 N–H and O–H groups in total. The molecule has 17 heavy (non-hydrogen) atoms. The molecule has 0 saturated carbocycles. The average Bonchev–Trinajstić information content (AvgIpc) is 2.26. The van der Waals surface area contributed by atoms with Crippen molar-refractivity contribution in [2.24, 2.45) is 0 Å². The molecule has 94 valence electrons. The Morgan fingerprint density at radius 3 is 2.71 bits per heavy atom. The predicted molar refractivity (Wildman–Crippen MR) is 69.4 cm³/mol. The number of nitrogens with zero attached hydrogens (tertiary/aromatic N) is 2. The molecule has 2 rings (SSSR count). The normalized spacial score (nSPS) is 20.1. The smallest absolute Gasteiger partial charge is 0.221 e. The summed E-state index contributed by atoms with van der Waals surface area (Å²) < 4.78 is 23.3. The summed E-state index contributed by atoms with van der Waals surface area (Å²) in [7, 11) is -2.84. The fraction of sp³-hybridized carbons (Fsp3) is 0.556. The molecule has 2 heterocycles. The summed E-state index contributed by atoms with van der Waals surface area (Å²) in [5.74, 6) is 1.26. The molecule has 1 aromatic heterocycles. The highest BCUT2D eigenvalue weighted by Gasteiger charge is 2.24. The number of hydrogen-bond acceptors (Lipinski definition) is 6. The largest absolute Gasteiger partial charge is 0.368 e. The maximum Gasteiger partial charge on any atom is 0.221 e. The zero-order valence-electron chi connectivity index (χ0n) is 9.06. The van der Waals surface area contributed by atoms with E-state index in [4.69, 9.17) is 5.73 Å². The highest BCUT2D eigenvalue weighted by molar-refractivity contribution is 9.10. The van der Waals surface area contributed by atoms with Crippen molar-refractivity contribution in [3.63, 3.8) is 0 Å². The van der Waals surface area contributed by atoms with Gasteiger partial charge < -0.3 is 11.1 Å². The Balaban J connectivity index is 2.05. The van der Waals surface area contributed by atoms with E-state index in [0.717, 1.165) is 4.47 Å². The molecule has 0 amide bonds. The molecule has 0 aromatic carbocycles. The Hall–Kier alpha value is -0.890. The van der Waals surface area contributed by atoms with Crippen molar-refractivity contribution in [1.82, 2.24) is 9.97 Å². The van der Waals surface area contributed by atoms with Gasteiger partial charge in [-0.3, -0.25) is 0 Å². The zero-order valence-corrected chi connectivity index (χ0v) is 11.5. The molecule has 8 heteroatoms. The van der Waals surface area contributed by atoms with Gasteiger partial charge in [-0.05, 0) is 28.8 Å². The first-order valence-electron chi connectivity index (χ1n) is 5.21. The van der Waals surface area contributed by atoms with Gasteiger partial charge in [0.25, 0.3) is 0 Å². The summed E-state index contributed by atoms with van der Waals surface area (Å²) in [6.07, 6.45) is 2.77. The van der Waals surface area contributed by atoms with Crippen LogP contribution >= 0.6 is 15.9 Å². The van der Waals surface area contributed by atoms with Crippen molar-refractivity contribution in [2.45, 2.75) is 18.9 Å². The van der Waals surface area contributed by atoms with Crippen LogP contribution in [0.1, 0.15) is 12.8 Å². The lowest BCUT2D eigenvalue weighted by atomic mass is 10.1. The fourth-order valence-corrected chi connectivity index (χ4v) is 3.51. The maximum absolute atomic E-state index is 11.3. The van der Waals surface area contributed by atoms with Gasteiger partial charge in [0.1, 0.15) is 15.7 Å². The minimum absolute atomic E-state index is 0.115. The third kappa shape index (κ3) is 3.29. The van der Waals surface area contributed by atoms with Crippen LogP contribution in [-0.2, 0) is 9.84 Å². The van der Waals surface area contributed by atoms with Crippen molar-refractivity contribution < 1.29 is 8.42 Å². The summed E-state index contributed by atoms with van der Waals surface area (Å²) in [5.41, 5.74) is 5.50. The molecule has 6 nitrogen and oxygen atoms in total. The van der Waals surface area contributed by atoms with Gasteiger partial charge in [0.15, 0.2) is 0 Å². The molecule has 1 aromatic rings. The standard InChI is InChI=1S/C9H13BrN4O2S/c10-7-5-12-9(11)14-8(7)13-6-1-3-17(15,16)4-2-6/h5-6H,1-4H2,(H3,11,12,13,14). The van der Waals surface area contributed by atoms with E-state index in [2.05, 4.69) is 31.2 Å². The Bertz CT molecular complexity index is 506. The summed E-state index contributed by atoms with van der Waals surface area (Å²) >= 11 is 3.32. The van der Waals surface area contributed by atoms with E-state index in [1.165, 1.54) is 0 Å². The molecule has 0 spiro atoms. The van der Waals surface area contributed by atoms with Gasteiger partial charge in [-0.1, -0.05) is 0 Å². The molecular formula is C9H13BrN4O2S. The maximum atomic E-state index is 11.3. The van der Waals surface area contributed by atoms with Gasteiger partial charge in [-0.15, -0.1) is 0 Å². The molecule has 0 bridgehead atoms. The number of anilines is 2. The Kier molecular flexibility index (Phi) is 3.53. The number of rotatable bonds is 2. The van der Waals surface area contributed by atoms with Crippen LogP contribution in [0, 0.1) is 0 Å². The second-order valence-electron chi connectivity index (χ2n) is 4.00. The van der Waals surface area contributed by atoms with Gasteiger partial charge >= 0.3 is 0 Å². The quantitative estimate of drug-likeness (QED) is 0.836. The van der Waals surface area contributed by atoms with E-state index in [9.17, 15) is 8.42 Å². The van der Waals surface area contributed by atoms with Crippen LogP contribution in [0.25, 0.3) is 0 Å². The highest BCUT2D eigenvalue weighted by atomic mass is 79.9. The Labute approximate surface area is 108 Å². The van der Waals surface area contributed by atoms with Crippen molar-refractivity contribution in [3.8, 4) is 0 Å². The van der Waals surface area contributed by atoms with E-state index in [-0.39, 0.29) is 23.5 Å². The number of halogens is 1. The predicted octanol–water partition coefficient (Wildman–Crippen LogP) is 0.810. The van der Waals surface area contributed by atoms with Crippen molar-refractivity contribution in [3.05, 3.63) is 10.7 Å². The molecule has 1 aliphatic rings. The van der Waals surface area contributed by atoms with Crippen molar-refractivity contribution in [1.29, 1.82) is 0 Å². The Morgan fingerprint density at radius 1 is 1.41 bits per heavy atom. The lowest BCUT2D eigenvalue weighted by Gasteiger charge is -2.23. The van der Waals surface area contributed by atoms with E-state index in [0.29, 0.717) is 18.7 Å².